The molecule has 2 fully saturated rings. The topological polar surface area (TPSA) is 128 Å². The number of nitriles is 1. The lowest BCUT2D eigenvalue weighted by Crippen LogP contribution is -2.39. The summed E-state index contributed by atoms with van der Waals surface area (Å²) >= 11 is 0. The SMILES string of the molecule is CNCC1CCN(S(=O)(=O)C[C@H]2CC[C@H](N(C)c3c(C#N)cnc4c3ccn4S(=O)(=O)c3ccccc3)CC2)C1. The van der Waals surface area contributed by atoms with Gasteiger partial charge in [-0.2, -0.15) is 5.26 Å². The minimum absolute atomic E-state index is 0.0949. The third-order valence-corrected chi connectivity index (χ3v) is 12.1. The van der Waals surface area contributed by atoms with Crippen LogP contribution in [0, 0.1) is 23.2 Å². The van der Waals surface area contributed by atoms with E-state index in [4.69, 9.17) is 0 Å². The number of hydrogen-bond donors (Lipinski definition) is 1. The summed E-state index contributed by atoms with van der Waals surface area (Å²) in [5, 5.41) is 13.6. The summed E-state index contributed by atoms with van der Waals surface area (Å²) in [5.41, 5.74) is 1.30. The maximum Gasteiger partial charge on any atom is 0.269 e. The van der Waals surface area contributed by atoms with Gasteiger partial charge in [0.15, 0.2) is 5.65 Å². The number of nitrogens with one attached hydrogen (secondary N) is 1. The van der Waals surface area contributed by atoms with Crippen molar-refractivity contribution < 1.29 is 16.8 Å². The predicted octanol–water partition coefficient (Wildman–Crippen LogP) is 3.01. The van der Waals surface area contributed by atoms with Crippen LogP contribution in [0.3, 0.4) is 0 Å². The molecule has 1 saturated carbocycles. The zero-order valence-corrected chi connectivity index (χ0v) is 24.5. The fourth-order valence-electron chi connectivity index (χ4n) is 6.20. The van der Waals surface area contributed by atoms with Gasteiger partial charge < -0.3 is 10.2 Å². The average molecular weight is 585 g/mol. The van der Waals surface area contributed by atoms with Gasteiger partial charge in [0.1, 0.15) is 6.07 Å². The highest BCUT2D eigenvalue weighted by Crippen LogP contribution is 2.37. The number of hydrogen-bond acceptors (Lipinski definition) is 8. The highest BCUT2D eigenvalue weighted by molar-refractivity contribution is 7.90. The Bertz CT molecular complexity index is 1610. The molecule has 1 aliphatic carbocycles. The van der Waals surface area contributed by atoms with Gasteiger partial charge in [0.2, 0.25) is 10.0 Å². The van der Waals surface area contributed by atoms with Crippen molar-refractivity contribution in [3.63, 3.8) is 0 Å². The zero-order valence-electron chi connectivity index (χ0n) is 22.9. The lowest BCUT2D eigenvalue weighted by Gasteiger charge is -2.36. The Kier molecular flexibility index (Phi) is 8.20. The van der Waals surface area contributed by atoms with Crippen molar-refractivity contribution in [1.82, 2.24) is 18.6 Å². The summed E-state index contributed by atoms with van der Waals surface area (Å²) in [5.74, 6) is 0.648. The van der Waals surface area contributed by atoms with Gasteiger partial charge in [0, 0.05) is 44.0 Å². The molecule has 1 N–H and O–H groups in total. The van der Waals surface area contributed by atoms with E-state index in [0.717, 1.165) is 42.6 Å². The number of pyridine rings is 1. The largest absolute Gasteiger partial charge is 0.370 e. The lowest BCUT2D eigenvalue weighted by molar-refractivity contribution is 0.336. The van der Waals surface area contributed by atoms with Crippen LogP contribution < -0.4 is 10.2 Å². The second kappa shape index (κ2) is 11.5. The molecule has 2 aromatic heterocycles. The van der Waals surface area contributed by atoms with E-state index >= 15 is 0 Å². The van der Waals surface area contributed by atoms with E-state index in [0.29, 0.717) is 35.6 Å². The maximum absolute atomic E-state index is 13.3. The Balaban J connectivity index is 1.32. The minimum Gasteiger partial charge on any atom is -0.370 e. The van der Waals surface area contributed by atoms with Gasteiger partial charge in [0.05, 0.1) is 21.9 Å². The Labute approximate surface area is 236 Å². The molecule has 0 amide bonds. The zero-order chi connectivity index (χ0) is 28.5. The Morgan fingerprint density at radius 3 is 2.45 bits per heavy atom. The molecular formula is C28H36N6O4S2. The van der Waals surface area contributed by atoms with Crippen molar-refractivity contribution in [2.24, 2.45) is 11.8 Å². The lowest BCUT2D eigenvalue weighted by atomic mass is 9.86. The van der Waals surface area contributed by atoms with Crippen molar-refractivity contribution in [1.29, 1.82) is 5.26 Å². The molecule has 1 saturated heterocycles. The Morgan fingerprint density at radius 2 is 1.77 bits per heavy atom. The number of fused-ring (bicyclic) bond motifs is 1. The molecule has 0 radical (unpaired) electrons. The summed E-state index contributed by atoms with van der Waals surface area (Å²) in [6.07, 6.45) is 6.95. The molecule has 12 heteroatoms. The van der Waals surface area contributed by atoms with E-state index in [1.165, 1.54) is 12.4 Å². The summed E-state index contributed by atoms with van der Waals surface area (Å²) < 4.78 is 55.7. The van der Waals surface area contributed by atoms with Gasteiger partial charge in [0.25, 0.3) is 10.0 Å². The molecule has 3 aromatic rings. The van der Waals surface area contributed by atoms with Crippen molar-refractivity contribution in [2.75, 3.05) is 44.4 Å². The van der Waals surface area contributed by atoms with Crippen molar-refractivity contribution in [3.05, 3.63) is 54.4 Å². The van der Waals surface area contributed by atoms with E-state index in [2.05, 4.69) is 21.3 Å². The Hall–Kier alpha value is -2.98. The first-order chi connectivity index (χ1) is 19.2. The van der Waals surface area contributed by atoms with Gasteiger partial charge in [-0.05, 0) is 75.7 Å². The molecule has 10 nitrogen and oxygen atoms in total. The number of aromatic nitrogens is 2. The van der Waals surface area contributed by atoms with Crippen LogP contribution in [0.2, 0.25) is 0 Å². The van der Waals surface area contributed by atoms with Crippen LogP contribution in [0.15, 0.2) is 53.7 Å². The van der Waals surface area contributed by atoms with Gasteiger partial charge >= 0.3 is 0 Å². The third-order valence-electron chi connectivity index (χ3n) is 8.37. The molecule has 1 unspecified atom stereocenters. The van der Waals surface area contributed by atoms with E-state index in [1.54, 1.807) is 40.7 Å². The van der Waals surface area contributed by atoms with Gasteiger partial charge in [-0.3, -0.25) is 0 Å². The van der Waals surface area contributed by atoms with Gasteiger partial charge in [-0.25, -0.2) is 30.1 Å². The van der Waals surface area contributed by atoms with Crippen LogP contribution >= 0.6 is 0 Å². The fraction of sp³-hybridized carbons (Fsp3) is 0.500. The molecule has 1 atom stereocenters. The molecule has 214 valence electrons. The highest BCUT2D eigenvalue weighted by Gasteiger charge is 2.35. The number of rotatable bonds is 9. The quantitative estimate of drug-likeness (QED) is 0.407. The highest BCUT2D eigenvalue weighted by atomic mass is 32.2. The summed E-state index contributed by atoms with van der Waals surface area (Å²) in [4.78, 5) is 6.57. The van der Waals surface area contributed by atoms with Gasteiger partial charge in [-0.15, -0.1) is 0 Å². The van der Waals surface area contributed by atoms with Crippen LogP contribution in [0.5, 0.6) is 0 Å². The molecule has 0 spiro atoms. The molecule has 2 aliphatic rings. The molecule has 1 aromatic carbocycles. The minimum atomic E-state index is -3.86. The molecule has 40 heavy (non-hydrogen) atoms. The third kappa shape index (κ3) is 5.48. The number of sulfonamides is 1. The monoisotopic (exact) mass is 584 g/mol. The standard InChI is InChI=1S/C28H36N6O4S2/c1-30-17-22-12-14-33(19-22)39(35,36)20-21-8-10-24(11-9-21)32(2)27-23(16-29)18-31-28-26(27)13-15-34(28)40(37,38)25-6-4-3-5-7-25/h3-7,13,15,18,21-22,24,30H,8-12,14,17,19-20H2,1-2H3/t21-,22?,24-. The fourth-order valence-corrected chi connectivity index (χ4v) is 9.48. The van der Waals surface area contributed by atoms with Crippen LogP contribution in [-0.4, -0.2) is 75.6 Å². The first-order valence-electron chi connectivity index (χ1n) is 13.7. The van der Waals surface area contributed by atoms with Gasteiger partial charge in [-0.1, -0.05) is 18.2 Å². The summed E-state index contributed by atoms with van der Waals surface area (Å²) in [7, 11) is -3.34. The predicted molar refractivity (Wildman–Crippen MR) is 155 cm³/mol. The van der Waals surface area contributed by atoms with Crippen molar-refractivity contribution >= 4 is 36.8 Å². The van der Waals surface area contributed by atoms with E-state index < -0.39 is 20.0 Å². The van der Waals surface area contributed by atoms with E-state index in [1.807, 2.05) is 14.1 Å². The molecule has 0 bridgehead atoms. The second-order valence-electron chi connectivity index (χ2n) is 10.9. The summed E-state index contributed by atoms with van der Waals surface area (Å²) in [6, 6.07) is 12.2. The normalized spacial score (nSPS) is 22.4. The first-order valence-corrected chi connectivity index (χ1v) is 16.8. The Morgan fingerprint density at radius 1 is 1.05 bits per heavy atom. The van der Waals surface area contributed by atoms with Crippen LogP contribution in [-0.2, 0) is 20.0 Å². The van der Waals surface area contributed by atoms with Crippen LogP contribution in [0.4, 0.5) is 5.69 Å². The second-order valence-corrected chi connectivity index (χ2v) is 14.8. The smallest absolute Gasteiger partial charge is 0.269 e. The number of anilines is 1. The molecule has 1 aliphatic heterocycles. The van der Waals surface area contributed by atoms with Crippen LogP contribution in [0.25, 0.3) is 11.0 Å². The maximum atomic E-state index is 13.3. The number of benzene rings is 1. The average Bonchev–Trinajstić information content (AvgIpc) is 3.61. The molecule has 5 rings (SSSR count). The van der Waals surface area contributed by atoms with E-state index in [9.17, 15) is 22.1 Å². The summed E-state index contributed by atoms with van der Waals surface area (Å²) in [6.45, 7) is 2.02. The van der Waals surface area contributed by atoms with Crippen LogP contribution in [0.1, 0.15) is 37.7 Å². The number of nitrogens with zero attached hydrogens (tertiary/aromatic N) is 5. The molecule has 3 heterocycles. The molecular weight excluding hydrogens is 548 g/mol. The van der Waals surface area contributed by atoms with E-state index in [-0.39, 0.29) is 28.3 Å². The van der Waals surface area contributed by atoms with Crippen molar-refractivity contribution in [3.8, 4) is 6.07 Å². The first kappa shape index (κ1) is 28.5. The van der Waals surface area contributed by atoms with Crippen molar-refractivity contribution in [2.45, 2.75) is 43.0 Å².